The van der Waals surface area contributed by atoms with Crippen molar-refractivity contribution in [1.29, 1.82) is 0 Å². The number of nitrogens with zero attached hydrogens (tertiary/aromatic N) is 2. The van der Waals surface area contributed by atoms with Crippen LogP contribution in [0.3, 0.4) is 0 Å². The van der Waals surface area contributed by atoms with Gasteiger partial charge in [0, 0.05) is 37.1 Å². The third-order valence-corrected chi connectivity index (χ3v) is 4.33. The van der Waals surface area contributed by atoms with E-state index in [0.29, 0.717) is 24.8 Å². The maximum atomic E-state index is 14.6. The molecule has 0 aliphatic carbocycles. The van der Waals surface area contributed by atoms with E-state index in [4.69, 9.17) is 20.9 Å². The van der Waals surface area contributed by atoms with Gasteiger partial charge in [-0.15, -0.1) is 0 Å². The van der Waals surface area contributed by atoms with Gasteiger partial charge in [-0.3, -0.25) is 4.79 Å². The summed E-state index contributed by atoms with van der Waals surface area (Å²) in [6.07, 6.45) is 3.14. The summed E-state index contributed by atoms with van der Waals surface area (Å²) < 4.78 is 25.0. The Morgan fingerprint density at radius 3 is 2.70 bits per heavy atom. The first-order chi connectivity index (χ1) is 14.3. The lowest BCUT2D eigenvalue weighted by atomic mass is 10.1. The number of primary amides is 1. The zero-order valence-electron chi connectivity index (χ0n) is 17.4. The molecule has 0 unspecified atom stereocenters. The molecule has 30 heavy (non-hydrogen) atoms. The van der Waals surface area contributed by atoms with E-state index in [0.717, 1.165) is 18.9 Å². The Hall–Kier alpha value is -2.98. The van der Waals surface area contributed by atoms with Gasteiger partial charge in [0.05, 0.1) is 12.2 Å². The third kappa shape index (κ3) is 6.53. The summed E-state index contributed by atoms with van der Waals surface area (Å²) in [5, 5.41) is 6.02. The number of ether oxygens (including phenoxy) is 2. The number of nitrogens with one attached hydrogen (secondary N) is 2. The lowest BCUT2D eigenvalue weighted by Crippen LogP contribution is -2.38. The summed E-state index contributed by atoms with van der Waals surface area (Å²) in [5.74, 6) is -1.03. The zero-order valence-corrected chi connectivity index (χ0v) is 17.4. The molecule has 0 bridgehead atoms. The number of halogens is 1. The first kappa shape index (κ1) is 23.3. The van der Waals surface area contributed by atoms with E-state index in [9.17, 15) is 9.18 Å². The minimum atomic E-state index is -0.807. The van der Waals surface area contributed by atoms with Gasteiger partial charge in [-0.2, -0.15) is 0 Å². The molecule has 2 rings (SSSR count). The highest BCUT2D eigenvalue weighted by Crippen LogP contribution is 2.26. The van der Waals surface area contributed by atoms with Crippen LogP contribution in [0.15, 0.2) is 24.4 Å². The van der Waals surface area contributed by atoms with Crippen molar-refractivity contribution < 1.29 is 18.7 Å². The molecule has 0 fully saturated rings. The van der Waals surface area contributed by atoms with Crippen LogP contribution in [0, 0.1) is 5.82 Å². The second kappa shape index (κ2) is 11.3. The van der Waals surface area contributed by atoms with Gasteiger partial charge in [-0.25, -0.2) is 14.4 Å². The van der Waals surface area contributed by atoms with Crippen molar-refractivity contribution in [3.63, 3.8) is 0 Å². The fourth-order valence-electron chi connectivity index (χ4n) is 2.76. The van der Waals surface area contributed by atoms with Crippen molar-refractivity contribution in [3.05, 3.63) is 35.8 Å². The van der Waals surface area contributed by atoms with Crippen LogP contribution in [0.5, 0.6) is 5.88 Å². The van der Waals surface area contributed by atoms with Gasteiger partial charge >= 0.3 is 0 Å². The number of carbonyl (C=O) groups is 1. The van der Waals surface area contributed by atoms with Crippen molar-refractivity contribution in [2.45, 2.75) is 38.8 Å². The van der Waals surface area contributed by atoms with Crippen molar-refractivity contribution in [2.75, 3.05) is 31.0 Å². The Morgan fingerprint density at radius 1 is 1.30 bits per heavy atom. The number of carbonyl (C=O) groups excluding carboxylic acids is 1. The topological polar surface area (TPSA) is 137 Å². The maximum Gasteiger partial charge on any atom is 0.252 e. The fourth-order valence-corrected chi connectivity index (χ4v) is 2.76. The lowest BCUT2D eigenvalue weighted by Gasteiger charge is -2.23. The molecule has 0 saturated carbocycles. The molecule has 0 spiro atoms. The number of pyridine rings is 2. The molecule has 2 aromatic rings. The lowest BCUT2D eigenvalue weighted by molar-refractivity contribution is 0.100. The number of anilines is 3. The Labute approximate surface area is 175 Å². The average Bonchev–Trinajstić information content (AvgIpc) is 2.70. The minimum absolute atomic E-state index is 0.0103. The van der Waals surface area contributed by atoms with E-state index in [1.807, 2.05) is 13.8 Å². The summed E-state index contributed by atoms with van der Waals surface area (Å²) in [6.45, 7) is 4.60. The van der Waals surface area contributed by atoms with Crippen LogP contribution in [0.4, 0.5) is 21.7 Å². The number of rotatable bonds is 12. The predicted octanol–water partition coefficient (Wildman–Crippen LogP) is 2.41. The Morgan fingerprint density at radius 2 is 2.07 bits per heavy atom. The molecule has 9 nitrogen and oxygen atoms in total. The van der Waals surface area contributed by atoms with E-state index >= 15 is 0 Å². The molecule has 164 valence electrons. The van der Waals surface area contributed by atoms with Crippen LogP contribution < -0.4 is 26.8 Å². The molecular formula is C20H29FN6O3. The Kier molecular flexibility index (Phi) is 8.75. The summed E-state index contributed by atoms with van der Waals surface area (Å²) in [6, 6.07) is 3.95. The molecule has 0 aliphatic heterocycles. The number of aromatic nitrogens is 2. The molecule has 2 atom stereocenters. The summed E-state index contributed by atoms with van der Waals surface area (Å²) in [5.41, 5.74) is 11.9. The normalized spacial score (nSPS) is 12.8. The monoisotopic (exact) mass is 420 g/mol. The summed E-state index contributed by atoms with van der Waals surface area (Å²) in [7, 11) is 1.57. The molecule has 10 heteroatoms. The molecule has 6 N–H and O–H groups in total. The van der Waals surface area contributed by atoms with Crippen LogP contribution in [-0.4, -0.2) is 48.3 Å². The first-order valence-electron chi connectivity index (χ1n) is 9.73. The first-order valence-corrected chi connectivity index (χ1v) is 9.73. The second-order valence-corrected chi connectivity index (χ2v) is 6.83. The van der Waals surface area contributed by atoms with Crippen molar-refractivity contribution in [2.24, 2.45) is 11.5 Å². The van der Waals surface area contributed by atoms with Gasteiger partial charge in [0.1, 0.15) is 12.4 Å². The Balaban J connectivity index is 2.31. The van der Waals surface area contributed by atoms with E-state index in [1.165, 1.54) is 6.20 Å². The molecule has 2 aromatic heterocycles. The number of hydrogen-bond donors (Lipinski definition) is 4. The average molecular weight is 420 g/mol. The van der Waals surface area contributed by atoms with Crippen molar-refractivity contribution >= 4 is 23.2 Å². The largest absolute Gasteiger partial charge is 0.475 e. The second-order valence-electron chi connectivity index (χ2n) is 6.83. The summed E-state index contributed by atoms with van der Waals surface area (Å²) >= 11 is 0. The molecule has 0 aliphatic rings. The number of amides is 1. The predicted molar refractivity (Wildman–Crippen MR) is 114 cm³/mol. The standard InChI is InChI=1S/C20H29FN6O3/c1-4-5-16(12(2)22)26-20-15(21)11-14(18(23)28)19(27-20)25-13-6-7-24-17(10-13)30-9-8-29-3/h6-7,10-12,16H,4-5,8-9,22H2,1-3H3,(H2,23,28)(H2,24,25,26,27)/t12-,16+/m0/s1. The number of hydrogen-bond acceptors (Lipinski definition) is 8. The smallest absolute Gasteiger partial charge is 0.252 e. The quantitative estimate of drug-likeness (QED) is 0.384. The highest BCUT2D eigenvalue weighted by Gasteiger charge is 2.20. The number of methoxy groups -OCH3 is 1. The minimum Gasteiger partial charge on any atom is -0.475 e. The van der Waals surface area contributed by atoms with Crippen LogP contribution in [-0.2, 0) is 4.74 Å². The van der Waals surface area contributed by atoms with E-state index < -0.39 is 11.7 Å². The van der Waals surface area contributed by atoms with Crippen LogP contribution >= 0.6 is 0 Å². The van der Waals surface area contributed by atoms with Crippen LogP contribution in [0.25, 0.3) is 0 Å². The molecule has 0 aromatic carbocycles. The van der Waals surface area contributed by atoms with Crippen molar-refractivity contribution in [1.82, 2.24) is 9.97 Å². The van der Waals surface area contributed by atoms with Gasteiger partial charge in [0.2, 0.25) is 5.88 Å². The molecule has 0 radical (unpaired) electrons. The van der Waals surface area contributed by atoms with Gasteiger partial charge in [0.15, 0.2) is 11.6 Å². The van der Waals surface area contributed by atoms with Crippen molar-refractivity contribution in [3.8, 4) is 5.88 Å². The zero-order chi connectivity index (χ0) is 22.1. The van der Waals surface area contributed by atoms with E-state index in [-0.39, 0.29) is 29.3 Å². The van der Waals surface area contributed by atoms with Gasteiger partial charge in [-0.1, -0.05) is 13.3 Å². The molecular weight excluding hydrogens is 391 g/mol. The maximum absolute atomic E-state index is 14.6. The highest BCUT2D eigenvalue weighted by molar-refractivity contribution is 5.98. The fraction of sp³-hybridized carbons (Fsp3) is 0.450. The molecule has 0 saturated heterocycles. The van der Waals surface area contributed by atoms with E-state index in [2.05, 4.69) is 20.6 Å². The third-order valence-electron chi connectivity index (χ3n) is 4.33. The summed E-state index contributed by atoms with van der Waals surface area (Å²) in [4.78, 5) is 20.2. The van der Waals surface area contributed by atoms with Gasteiger partial charge in [-0.05, 0) is 25.5 Å². The Bertz CT molecular complexity index is 849. The molecule has 1 amide bonds. The number of nitrogens with two attached hydrogens (primary N) is 2. The van der Waals surface area contributed by atoms with Crippen LogP contribution in [0.2, 0.25) is 0 Å². The van der Waals surface area contributed by atoms with Gasteiger partial charge in [0.25, 0.3) is 5.91 Å². The van der Waals surface area contributed by atoms with Crippen LogP contribution in [0.1, 0.15) is 37.0 Å². The van der Waals surface area contributed by atoms with E-state index in [1.54, 1.807) is 19.2 Å². The highest BCUT2D eigenvalue weighted by atomic mass is 19.1. The molecule has 2 heterocycles. The van der Waals surface area contributed by atoms with Gasteiger partial charge < -0.3 is 31.6 Å². The SMILES string of the molecule is CCC[C@@H](Nc1nc(Nc2ccnc(OCCOC)c2)c(C(N)=O)cc1F)[C@H](C)N.